The summed E-state index contributed by atoms with van der Waals surface area (Å²) >= 11 is 0. The second-order valence-corrected chi connectivity index (χ2v) is 6.00. The van der Waals surface area contributed by atoms with E-state index in [2.05, 4.69) is 5.32 Å². The number of nitrogens with zero attached hydrogens (tertiary/aromatic N) is 1. The van der Waals surface area contributed by atoms with Crippen molar-refractivity contribution in [3.63, 3.8) is 0 Å². The van der Waals surface area contributed by atoms with Gasteiger partial charge in [-0.2, -0.15) is 0 Å². The average molecular weight is 338 g/mol. The summed E-state index contributed by atoms with van der Waals surface area (Å²) in [6.45, 7) is 3.04. The number of anilines is 1. The lowest BCUT2D eigenvalue weighted by atomic mass is 10.0. The smallest absolute Gasteiger partial charge is 0.182 e. The van der Waals surface area contributed by atoms with E-state index < -0.39 is 23.3 Å². The zero-order chi connectivity index (χ0) is 17.3. The van der Waals surface area contributed by atoms with Crippen LogP contribution in [0.5, 0.6) is 0 Å². The summed E-state index contributed by atoms with van der Waals surface area (Å²) in [5.41, 5.74) is 0.613. The minimum absolute atomic E-state index is 0.154. The minimum atomic E-state index is -0.907. The van der Waals surface area contributed by atoms with Gasteiger partial charge >= 0.3 is 0 Å². The lowest BCUT2D eigenvalue weighted by Gasteiger charge is -2.38. The second kappa shape index (κ2) is 6.81. The van der Waals surface area contributed by atoms with Gasteiger partial charge in [0.1, 0.15) is 0 Å². The third kappa shape index (κ3) is 3.11. The molecule has 1 N–H and O–H groups in total. The standard InChI is InChI=1S/C18H18F4N2/c1-11-5-6-15(18(22)16(11)20)24-8-7-23-10-13(24)9-12-3-2-4-14(19)17(12)21/h2-6,13,23H,7-10H2,1H3. The molecule has 1 saturated heterocycles. The Morgan fingerprint density at radius 2 is 1.83 bits per heavy atom. The van der Waals surface area contributed by atoms with Crippen LogP contribution in [0.2, 0.25) is 0 Å². The van der Waals surface area contributed by atoms with Gasteiger partial charge in [-0.15, -0.1) is 0 Å². The Kier molecular flexibility index (Phi) is 4.76. The molecule has 0 bridgehead atoms. The van der Waals surface area contributed by atoms with Crippen molar-refractivity contribution < 1.29 is 17.6 Å². The maximum absolute atomic E-state index is 14.3. The van der Waals surface area contributed by atoms with Crippen LogP contribution in [0.4, 0.5) is 23.2 Å². The van der Waals surface area contributed by atoms with E-state index in [1.54, 1.807) is 4.90 Å². The molecule has 1 aliphatic heterocycles. The number of rotatable bonds is 3. The van der Waals surface area contributed by atoms with E-state index in [4.69, 9.17) is 0 Å². The molecule has 0 aliphatic carbocycles. The van der Waals surface area contributed by atoms with Crippen molar-refractivity contribution in [1.82, 2.24) is 5.32 Å². The monoisotopic (exact) mass is 338 g/mol. The van der Waals surface area contributed by atoms with E-state index in [9.17, 15) is 17.6 Å². The molecule has 0 aromatic heterocycles. The third-order valence-electron chi connectivity index (χ3n) is 4.40. The lowest BCUT2D eigenvalue weighted by molar-refractivity contribution is 0.442. The summed E-state index contributed by atoms with van der Waals surface area (Å²) < 4.78 is 55.6. The van der Waals surface area contributed by atoms with Crippen molar-refractivity contribution in [2.75, 3.05) is 24.5 Å². The molecule has 2 aromatic rings. The van der Waals surface area contributed by atoms with Crippen LogP contribution in [0.1, 0.15) is 11.1 Å². The second-order valence-electron chi connectivity index (χ2n) is 6.00. The highest BCUT2D eigenvalue weighted by Crippen LogP contribution is 2.27. The number of hydrogen-bond acceptors (Lipinski definition) is 2. The molecular weight excluding hydrogens is 320 g/mol. The topological polar surface area (TPSA) is 15.3 Å². The summed E-state index contributed by atoms with van der Waals surface area (Å²) in [6, 6.07) is 6.78. The quantitative estimate of drug-likeness (QED) is 0.861. The Morgan fingerprint density at radius 1 is 1.04 bits per heavy atom. The predicted octanol–water partition coefficient (Wildman–Crippen LogP) is 3.57. The number of benzene rings is 2. The Morgan fingerprint density at radius 3 is 2.62 bits per heavy atom. The largest absolute Gasteiger partial charge is 0.363 e. The van der Waals surface area contributed by atoms with Gasteiger partial charge in [0.2, 0.25) is 0 Å². The molecule has 1 unspecified atom stereocenters. The number of halogens is 4. The fourth-order valence-corrected chi connectivity index (χ4v) is 3.08. The van der Waals surface area contributed by atoms with Gasteiger partial charge in [-0.25, -0.2) is 17.6 Å². The molecule has 0 radical (unpaired) electrons. The highest BCUT2D eigenvalue weighted by molar-refractivity contribution is 5.51. The summed E-state index contributed by atoms with van der Waals surface area (Å²) in [5.74, 6) is -3.57. The summed E-state index contributed by atoms with van der Waals surface area (Å²) in [7, 11) is 0. The summed E-state index contributed by atoms with van der Waals surface area (Å²) in [5, 5.41) is 3.16. The van der Waals surface area contributed by atoms with Gasteiger partial charge in [0.15, 0.2) is 23.3 Å². The first-order valence-electron chi connectivity index (χ1n) is 7.84. The molecule has 1 atom stereocenters. The van der Waals surface area contributed by atoms with Crippen LogP contribution in [0.3, 0.4) is 0 Å². The van der Waals surface area contributed by atoms with E-state index >= 15 is 0 Å². The molecule has 128 valence electrons. The molecule has 6 heteroatoms. The number of nitrogens with one attached hydrogen (secondary N) is 1. The Hall–Kier alpha value is -2.08. The Bertz CT molecular complexity index is 748. The van der Waals surface area contributed by atoms with Crippen molar-refractivity contribution in [1.29, 1.82) is 0 Å². The van der Waals surface area contributed by atoms with Crippen LogP contribution in [0.25, 0.3) is 0 Å². The zero-order valence-corrected chi connectivity index (χ0v) is 13.3. The van der Waals surface area contributed by atoms with Crippen LogP contribution in [-0.2, 0) is 6.42 Å². The maximum Gasteiger partial charge on any atom is 0.182 e. The third-order valence-corrected chi connectivity index (χ3v) is 4.40. The predicted molar refractivity (Wildman–Crippen MR) is 85.2 cm³/mol. The highest BCUT2D eigenvalue weighted by Gasteiger charge is 2.27. The van der Waals surface area contributed by atoms with Gasteiger partial charge in [-0.3, -0.25) is 0 Å². The fourth-order valence-electron chi connectivity index (χ4n) is 3.08. The first-order chi connectivity index (χ1) is 11.5. The minimum Gasteiger partial charge on any atom is -0.363 e. The molecule has 0 saturated carbocycles. The zero-order valence-electron chi connectivity index (χ0n) is 13.3. The van der Waals surface area contributed by atoms with Gasteiger partial charge in [0.05, 0.1) is 5.69 Å². The molecule has 1 heterocycles. The molecule has 0 amide bonds. The fraction of sp³-hybridized carbons (Fsp3) is 0.333. The molecule has 2 nitrogen and oxygen atoms in total. The first-order valence-corrected chi connectivity index (χ1v) is 7.84. The lowest BCUT2D eigenvalue weighted by Crippen LogP contribution is -2.52. The maximum atomic E-state index is 14.3. The van der Waals surface area contributed by atoms with E-state index in [0.29, 0.717) is 19.6 Å². The number of aryl methyl sites for hydroxylation is 1. The van der Waals surface area contributed by atoms with E-state index in [-0.39, 0.29) is 29.3 Å². The van der Waals surface area contributed by atoms with Crippen molar-refractivity contribution in [3.8, 4) is 0 Å². The van der Waals surface area contributed by atoms with Gasteiger partial charge < -0.3 is 10.2 Å². The van der Waals surface area contributed by atoms with E-state index in [1.807, 2.05) is 0 Å². The normalized spacial score (nSPS) is 18.0. The van der Waals surface area contributed by atoms with Crippen molar-refractivity contribution in [2.24, 2.45) is 0 Å². The Labute approximate surface area is 138 Å². The van der Waals surface area contributed by atoms with Crippen LogP contribution < -0.4 is 10.2 Å². The molecule has 1 fully saturated rings. The van der Waals surface area contributed by atoms with Crippen LogP contribution in [0.15, 0.2) is 30.3 Å². The van der Waals surface area contributed by atoms with E-state index in [0.717, 1.165) is 6.07 Å². The highest BCUT2D eigenvalue weighted by atomic mass is 19.2. The first kappa shape index (κ1) is 16.8. The molecular formula is C18H18F4N2. The van der Waals surface area contributed by atoms with Crippen molar-refractivity contribution >= 4 is 5.69 Å². The van der Waals surface area contributed by atoms with Crippen molar-refractivity contribution in [3.05, 3.63) is 64.7 Å². The number of hydrogen-bond donors (Lipinski definition) is 1. The Balaban J connectivity index is 1.92. The van der Waals surface area contributed by atoms with Gasteiger partial charge in [-0.05, 0) is 36.6 Å². The molecule has 3 rings (SSSR count). The molecule has 1 aliphatic rings. The number of piperazine rings is 1. The van der Waals surface area contributed by atoms with Gasteiger partial charge in [0.25, 0.3) is 0 Å². The van der Waals surface area contributed by atoms with Crippen LogP contribution in [0, 0.1) is 30.2 Å². The van der Waals surface area contributed by atoms with Gasteiger partial charge in [0, 0.05) is 25.7 Å². The van der Waals surface area contributed by atoms with Crippen LogP contribution in [-0.4, -0.2) is 25.7 Å². The van der Waals surface area contributed by atoms with Crippen molar-refractivity contribution in [2.45, 2.75) is 19.4 Å². The average Bonchev–Trinajstić information content (AvgIpc) is 2.58. The molecule has 2 aromatic carbocycles. The summed E-state index contributed by atoms with van der Waals surface area (Å²) in [6.07, 6.45) is 0.200. The SMILES string of the molecule is Cc1ccc(N2CCNCC2Cc2cccc(F)c2F)c(F)c1F. The molecule has 0 spiro atoms. The van der Waals surface area contributed by atoms with Gasteiger partial charge in [-0.1, -0.05) is 18.2 Å². The molecule has 24 heavy (non-hydrogen) atoms. The van der Waals surface area contributed by atoms with E-state index in [1.165, 1.54) is 31.2 Å². The summed E-state index contributed by atoms with van der Waals surface area (Å²) in [4.78, 5) is 1.72. The van der Waals surface area contributed by atoms with Crippen LogP contribution >= 0.6 is 0 Å².